The number of rotatable bonds is 2. The number of fused-ring (bicyclic) bond motifs is 1. The Labute approximate surface area is 145 Å². The van der Waals surface area contributed by atoms with Gasteiger partial charge in [-0.2, -0.15) is 8.42 Å². The maximum Gasteiger partial charge on any atom is 0.274 e. The second-order valence-corrected chi connectivity index (χ2v) is 9.26. The van der Waals surface area contributed by atoms with E-state index in [-0.39, 0.29) is 5.92 Å². The molecule has 2 atom stereocenters. The first-order valence-corrected chi connectivity index (χ1v) is 10.5. The molecule has 2 unspecified atom stereocenters. The largest absolute Gasteiger partial charge is 0.285 e. The summed E-state index contributed by atoms with van der Waals surface area (Å²) in [6.07, 6.45) is 8.73. The van der Waals surface area contributed by atoms with Crippen LogP contribution in [0.25, 0.3) is 10.2 Å². The predicted octanol–water partition coefficient (Wildman–Crippen LogP) is 4.41. The van der Waals surface area contributed by atoms with Crippen LogP contribution >= 0.6 is 23.1 Å². The van der Waals surface area contributed by atoms with Crippen LogP contribution < -0.4 is 0 Å². The molecule has 1 aliphatic carbocycles. The van der Waals surface area contributed by atoms with E-state index in [1.165, 1.54) is 17.7 Å². The van der Waals surface area contributed by atoms with Gasteiger partial charge in [0.15, 0.2) is 4.34 Å². The number of nitrogens with zero attached hydrogens (tertiary/aromatic N) is 1. The average molecular weight is 370 g/mol. The van der Waals surface area contributed by atoms with E-state index in [9.17, 15) is 8.42 Å². The molecule has 1 aromatic carbocycles. The van der Waals surface area contributed by atoms with Gasteiger partial charge in [0.05, 0.1) is 10.2 Å². The summed E-state index contributed by atoms with van der Waals surface area (Å²) in [4.78, 5) is 4.41. The number of hydrogen-bond donors (Lipinski definition) is 1. The summed E-state index contributed by atoms with van der Waals surface area (Å²) in [7, 11) is -4.01. The Morgan fingerprint density at radius 1 is 1.30 bits per heavy atom. The van der Waals surface area contributed by atoms with Gasteiger partial charge in [0.1, 0.15) is 4.75 Å². The Morgan fingerprint density at radius 2 is 2.00 bits per heavy atom. The average Bonchev–Trinajstić information content (AvgIpc) is 2.93. The van der Waals surface area contributed by atoms with Crippen molar-refractivity contribution >= 4 is 43.4 Å². The molecule has 23 heavy (non-hydrogen) atoms. The minimum absolute atomic E-state index is 0.197. The molecule has 4 nitrogen and oxygen atoms in total. The SMILES string of the molecule is CC1C=CC=CC1(C)S(=O)(=O)O.CSc1nc2ccccc2s1. The molecule has 0 fully saturated rings. The van der Waals surface area contributed by atoms with Gasteiger partial charge in [0.25, 0.3) is 10.1 Å². The van der Waals surface area contributed by atoms with Gasteiger partial charge in [-0.05, 0) is 31.2 Å². The summed E-state index contributed by atoms with van der Waals surface area (Å²) >= 11 is 3.45. The van der Waals surface area contributed by atoms with Crippen molar-refractivity contribution in [3.05, 3.63) is 48.6 Å². The minimum atomic E-state index is -4.01. The highest BCUT2D eigenvalue weighted by Crippen LogP contribution is 2.31. The Morgan fingerprint density at radius 3 is 2.52 bits per heavy atom. The Bertz CT molecular complexity index is 806. The van der Waals surface area contributed by atoms with Crippen molar-refractivity contribution in [1.29, 1.82) is 0 Å². The topological polar surface area (TPSA) is 67.3 Å². The van der Waals surface area contributed by atoms with Gasteiger partial charge in [0.2, 0.25) is 0 Å². The van der Waals surface area contributed by atoms with Crippen molar-refractivity contribution in [2.45, 2.75) is 22.9 Å². The zero-order valence-electron chi connectivity index (χ0n) is 13.1. The Balaban J connectivity index is 0.000000167. The van der Waals surface area contributed by atoms with Gasteiger partial charge in [-0.1, -0.05) is 55.1 Å². The maximum absolute atomic E-state index is 11.0. The first kappa shape index (κ1) is 18.2. The zero-order valence-corrected chi connectivity index (χ0v) is 15.6. The fraction of sp³-hybridized carbons (Fsp3) is 0.312. The third-order valence-corrected chi connectivity index (χ3v) is 7.49. The summed E-state index contributed by atoms with van der Waals surface area (Å²) < 4.78 is 32.2. The molecule has 0 bridgehead atoms. The molecule has 0 radical (unpaired) electrons. The molecule has 0 spiro atoms. The molecule has 124 valence electrons. The molecule has 3 rings (SSSR count). The molecular formula is C16H19NO3S3. The fourth-order valence-corrected chi connectivity index (χ4v) is 4.37. The van der Waals surface area contributed by atoms with Crippen LogP contribution in [-0.2, 0) is 10.1 Å². The van der Waals surface area contributed by atoms with Crippen LogP contribution in [0.4, 0.5) is 0 Å². The van der Waals surface area contributed by atoms with E-state index in [2.05, 4.69) is 17.3 Å². The van der Waals surface area contributed by atoms with E-state index in [1.807, 2.05) is 18.2 Å². The predicted molar refractivity (Wildman–Crippen MR) is 98.8 cm³/mol. The summed E-state index contributed by atoms with van der Waals surface area (Å²) in [6, 6.07) is 8.22. The molecule has 1 aliphatic rings. The van der Waals surface area contributed by atoms with E-state index in [0.717, 1.165) is 9.86 Å². The molecule has 1 heterocycles. The zero-order chi connectivity index (χ0) is 17.1. The number of allylic oxidation sites excluding steroid dienone is 3. The number of para-hydroxylation sites is 1. The van der Waals surface area contributed by atoms with E-state index in [1.54, 1.807) is 48.3 Å². The van der Waals surface area contributed by atoms with Crippen LogP contribution in [0, 0.1) is 5.92 Å². The van der Waals surface area contributed by atoms with Gasteiger partial charge in [-0.15, -0.1) is 11.3 Å². The molecule has 0 amide bonds. The van der Waals surface area contributed by atoms with Crippen LogP contribution in [0.2, 0.25) is 0 Å². The lowest BCUT2D eigenvalue weighted by Crippen LogP contribution is -2.39. The minimum Gasteiger partial charge on any atom is -0.285 e. The van der Waals surface area contributed by atoms with Crippen LogP contribution in [0.3, 0.4) is 0 Å². The van der Waals surface area contributed by atoms with Gasteiger partial charge in [-0.25, -0.2) is 4.98 Å². The summed E-state index contributed by atoms with van der Waals surface area (Å²) in [6.45, 7) is 3.26. The normalized spacial score (nSPS) is 23.6. The van der Waals surface area contributed by atoms with Crippen LogP contribution in [0.1, 0.15) is 13.8 Å². The van der Waals surface area contributed by atoms with Crippen molar-refractivity contribution in [1.82, 2.24) is 4.98 Å². The van der Waals surface area contributed by atoms with Gasteiger partial charge >= 0.3 is 0 Å². The molecule has 7 heteroatoms. The second-order valence-electron chi connectivity index (χ2n) is 5.34. The van der Waals surface area contributed by atoms with E-state index < -0.39 is 14.9 Å². The monoisotopic (exact) mass is 369 g/mol. The second kappa shape index (κ2) is 7.17. The molecule has 0 aliphatic heterocycles. The number of hydrogen-bond acceptors (Lipinski definition) is 5. The molecule has 2 aromatic rings. The fourth-order valence-electron chi connectivity index (χ4n) is 2.08. The summed E-state index contributed by atoms with van der Waals surface area (Å²) in [5, 5.41) is 0. The van der Waals surface area contributed by atoms with Gasteiger partial charge in [-0.3, -0.25) is 4.55 Å². The number of aromatic nitrogens is 1. The number of benzene rings is 1. The van der Waals surface area contributed by atoms with Crippen molar-refractivity contribution in [3.63, 3.8) is 0 Å². The lowest BCUT2D eigenvalue weighted by molar-refractivity contribution is 0.426. The van der Waals surface area contributed by atoms with Crippen molar-refractivity contribution in [2.24, 2.45) is 5.92 Å². The van der Waals surface area contributed by atoms with Crippen LogP contribution in [-0.4, -0.2) is 29.0 Å². The quantitative estimate of drug-likeness (QED) is 0.627. The van der Waals surface area contributed by atoms with Crippen molar-refractivity contribution in [3.8, 4) is 0 Å². The highest BCUT2D eigenvalue weighted by atomic mass is 32.2. The highest BCUT2D eigenvalue weighted by molar-refractivity contribution is 8.00. The molecular weight excluding hydrogens is 350 g/mol. The van der Waals surface area contributed by atoms with Crippen molar-refractivity contribution < 1.29 is 13.0 Å². The van der Waals surface area contributed by atoms with Crippen molar-refractivity contribution in [2.75, 3.05) is 6.26 Å². The summed E-state index contributed by atoms with van der Waals surface area (Å²) in [5.74, 6) is -0.197. The standard InChI is InChI=1S/C8H7NS2.C8H12O3S/c1-10-8-9-6-4-2-3-5-7(6)11-8;1-7-5-3-4-6-8(7,2)12(9,10)11/h2-5H,1H3;3-7H,1-2H3,(H,9,10,11). The molecule has 1 N–H and O–H groups in total. The summed E-state index contributed by atoms with van der Waals surface area (Å²) in [5.41, 5.74) is 1.11. The van der Waals surface area contributed by atoms with E-state index >= 15 is 0 Å². The van der Waals surface area contributed by atoms with E-state index in [0.29, 0.717) is 0 Å². The number of thioether (sulfide) groups is 1. The van der Waals surface area contributed by atoms with Gasteiger partial charge < -0.3 is 0 Å². The molecule has 0 saturated heterocycles. The van der Waals surface area contributed by atoms with E-state index in [4.69, 9.17) is 4.55 Å². The Kier molecular flexibility index (Phi) is 5.67. The Hall–Kier alpha value is -1.15. The first-order valence-electron chi connectivity index (χ1n) is 7.00. The van der Waals surface area contributed by atoms with Crippen LogP contribution in [0.5, 0.6) is 0 Å². The lowest BCUT2D eigenvalue weighted by Gasteiger charge is -2.29. The lowest BCUT2D eigenvalue weighted by atomic mass is 9.91. The smallest absolute Gasteiger partial charge is 0.274 e. The third kappa shape index (κ3) is 4.03. The first-order chi connectivity index (χ1) is 10.8. The maximum atomic E-state index is 11.0. The molecule has 1 aromatic heterocycles. The van der Waals surface area contributed by atoms with Gasteiger partial charge in [0, 0.05) is 0 Å². The third-order valence-electron chi connectivity index (χ3n) is 3.85. The molecule has 0 saturated carbocycles. The van der Waals surface area contributed by atoms with Crippen LogP contribution in [0.15, 0.2) is 52.9 Å². The highest BCUT2D eigenvalue weighted by Gasteiger charge is 2.40. The number of thiazole rings is 1.